The molecule has 2 aromatic rings. The van der Waals surface area contributed by atoms with E-state index in [-0.39, 0.29) is 28.0 Å². The molecule has 1 atom stereocenters. The Kier molecular flexibility index (Phi) is 6.91. The molecule has 0 bridgehead atoms. The molecule has 5 N–H and O–H groups in total. The maximum absolute atomic E-state index is 12.6. The van der Waals surface area contributed by atoms with Gasteiger partial charge in [0.25, 0.3) is 11.8 Å². The summed E-state index contributed by atoms with van der Waals surface area (Å²) in [5.41, 5.74) is -0.818. The second-order valence-corrected chi connectivity index (χ2v) is 6.17. The average molecular weight is 400 g/mol. The molecular weight excluding hydrogens is 380 g/mol. The third-order valence-electron chi connectivity index (χ3n) is 4.07. The highest BCUT2D eigenvalue weighted by atomic mass is 16.4. The Balaban J connectivity index is 2.23. The van der Waals surface area contributed by atoms with E-state index >= 15 is 0 Å². The van der Waals surface area contributed by atoms with Crippen molar-refractivity contribution in [3.05, 3.63) is 64.7 Å². The lowest BCUT2D eigenvalue weighted by Crippen LogP contribution is -2.48. The van der Waals surface area contributed by atoms with Gasteiger partial charge in [-0.15, -0.1) is 0 Å². The van der Waals surface area contributed by atoms with Gasteiger partial charge in [0, 0.05) is 0 Å². The first-order valence-electron chi connectivity index (χ1n) is 8.75. The molecule has 0 aliphatic rings. The number of nitrogens with one attached hydrogen (secondary N) is 2. The molecule has 0 heterocycles. The van der Waals surface area contributed by atoms with Gasteiger partial charge < -0.3 is 26.0 Å². The van der Waals surface area contributed by atoms with E-state index in [1.807, 2.05) is 6.92 Å². The van der Waals surface area contributed by atoms with Crippen LogP contribution in [0.25, 0.3) is 0 Å². The van der Waals surface area contributed by atoms with Gasteiger partial charge in [0.2, 0.25) is 0 Å². The Hall–Kier alpha value is -3.88. The van der Waals surface area contributed by atoms with Crippen LogP contribution >= 0.6 is 0 Å². The van der Waals surface area contributed by atoms with Crippen LogP contribution in [0, 0.1) is 0 Å². The zero-order chi connectivity index (χ0) is 21.6. The van der Waals surface area contributed by atoms with E-state index in [1.54, 1.807) is 0 Å². The number of carbonyl (C=O) groups excluding carboxylic acids is 2. The van der Waals surface area contributed by atoms with Crippen LogP contribution < -0.4 is 10.6 Å². The topological polar surface area (TPSA) is 153 Å². The van der Waals surface area contributed by atoms with E-state index < -0.39 is 29.9 Å². The summed E-state index contributed by atoms with van der Waals surface area (Å²) in [6.45, 7) is 1.82. The lowest BCUT2D eigenvalue weighted by molar-refractivity contribution is 0.0683. The van der Waals surface area contributed by atoms with Crippen LogP contribution in [0.15, 0.2) is 42.5 Å². The standard InChI is InChI=1S/C20H20N2O7/c1-2-5-16(21-17(24)12-6-3-4-7-14(12)19(26)27)22-18(25)13-9-8-11(23)10-15(13)20(28)29/h3-4,6-10,16,23H,2,5H2,1H3,(H,21,24)(H,22,25)(H,26,27)(H,28,29). The van der Waals surface area contributed by atoms with Crippen LogP contribution in [0.5, 0.6) is 5.75 Å². The minimum Gasteiger partial charge on any atom is -0.508 e. The van der Waals surface area contributed by atoms with Crippen molar-refractivity contribution in [2.75, 3.05) is 0 Å². The predicted molar refractivity (Wildman–Crippen MR) is 102 cm³/mol. The monoisotopic (exact) mass is 400 g/mol. The molecule has 152 valence electrons. The summed E-state index contributed by atoms with van der Waals surface area (Å²) in [5.74, 6) is -4.40. The van der Waals surface area contributed by atoms with Gasteiger partial charge in [-0.25, -0.2) is 9.59 Å². The quantitative estimate of drug-likeness (QED) is 0.425. The molecule has 0 saturated carbocycles. The summed E-state index contributed by atoms with van der Waals surface area (Å²) in [6, 6.07) is 8.95. The molecule has 0 aliphatic carbocycles. The van der Waals surface area contributed by atoms with Crippen molar-refractivity contribution >= 4 is 23.8 Å². The van der Waals surface area contributed by atoms with Crippen molar-refractivity contribution in [2.24, 2.45) is 0 Å². The van der Waals surface area contributed by atoms with Crippen molar-refractivity contribution < 1.29 is 34.5 Å². The number of benzene rings is 2. The molecule has 0 spiro atoms. The molecule has 2 rings (SSSR count). The number of amides is 2. The number of aromatic hydroxyl groups is 1. The molecule has 0 radical (unpaired) electrons. The van der Waals surface area contributed by atoms with Gasteiger partial charge in [-0.05, 0) is 36.8 Å². The zero-order valence-corrected chi connectivity index (χ0v) is 15.5. The molecule has 2 aromatic carbocycles. The Morgan fingerprint density at radius 3 is 1.86 bits per heavy atom. The van der Waals surface area contributed by atoms with Gasteiger partial charge in [-0.3, -0.25) is 9.59 Å². The van der Waals surface area contributed by atoms with Crippen LogP contribution in [0.3, 0.4) is 0 Å². The molecule has 9 nitrogen and oxygen atoms in total. The van der Waals surface area contributed by atoms with Gasteiger partial charge in [0.15, 0.2) is 0 Å². The molecule has 0 fully saturated rings. The van der Waals surface area contributed by atoms with E-state index in [2.05, 4.69) is 10.6 Å². The number of phenolic OH excluding ortho intramolecular Hbond substituents is 1. The van der Waals surface area contributed by atoms with E-state index in [9.17, 15) is 34.5 Å². The van der Waals surface area contributed by atoms with Crippen LogP contribution in [-0.2, 0) is 0 Å². The summed E-state index contributed by atoms with van der Waals surface area (Å²) in [6.07, 6.45) is 0.0395. The SMILES string of the molecule is CCCC(NC(=O)c1ccccc1C(=O)O)NC(=O)c1ccc(O)cc1C(=O)O. The van der Waals surface area contributed by atoms with Gasteiger partial charge in [0.1, 0.15) is 11.9 Å². The normalized spacial score (nSPS) is 11.3. The Morgan fingerprint density at radius 2 is 1.34 bits per heavy atom. The van der Waals surface area contributed by atoms with Crippen molar-refractivity contribution in [3.8, 4) is 5.75 Å². The Bertz CT molecular complexity index is 956. The van der Waals surface area contributed by atoms with E-state index in [4.69, 9.17) is 0 Å². The average Bonchev–Trinajstić information content (AvgIpc) is 2.67. The van der Waals surface area contributed by atoms with Crippen molar-refractivity contribution in [1.29, 1.82) is 0 Å². The van der Waals surface area contributed by atoms with Crippen LogP contribution in [0.4, 0.5) is 0 Å². The first kappa shape index (κ1) is 21.4. The number of carboxylic acid groups (broad SMARTS) is 2. The largest absolute Gasteiger partial charge is 0.508 e. The molecule has 9 heteroatoms. The van der Waals surface area contributed by atoms with E-state index in [0.29, 0.717) is 12.8 Å². The van der Waals surface area contributed by atoms with E-state index in [0.717, 1.165) is 6.07 Å². The second-order valence-electron chi connectivity index (χ2n) is 6.17. The Morgan fingerprint density at radius 1 is 0.828 bits per heavy atom. The molecule has 2 amide bonds. The number of carboxylic acids is 2. The van der Waals surface area contributed by atoms with Crippen molar-refractivity contribution in [3.63, 3.8) is 0 Å². The number of carbonyl (C=O) groups is 4. The highest BCUT2D eigenvalue weighted by Gasteiger charge is 2.23. The third-order valence-corrected chi connectivity index (χ3v) is 4.07. The number of aromatic carboxylic acids is 2. The minimum absolute atomic E-state index is 0.0637. The van der Waals surface area contributed by atoms with Gasteiger partial charge >= 0.3 is 11.9 Å². The van der Waals surface area contributed by atoms with Gasteiger partial charge in [-0.2, -0.15) is 0 Å². The van der Waals surface area contributed by atoms with Gasteiger partial charge in [0.05, 0.1) is 22.3 Å². The van der Waals surface area contributed by atoms with Crippen molar-refractivity contribution in [1.82, 2.24) is 10.6 Å². The zero-order valence-electron chi connectivity index (χ0n) is 15.5. The number of hydrogen-bond acceptors (Lipinski definition) is 5. The lowest BCUT2D eigenvalue weighted by atomic mass is 10.1. The summed E-state index contributed by atoms with van der Waals surface area (Å²) in [4.78, 5) is 47.7. The van der Waals surface area contributed by atoms with Crippen LogP contribution in [0.2, 0.25) is 0 Å². The predicted octanol–water partition coefficient (Wildman–Crippen LogP) is 2.07. The summed E-state index contributed by atoms with van der Waals surface area (Å²) in [7, 11) is 0. The molecule has 29 heavy (non-hydrogen) atoms. The lowest BCUT2D eigenvalue weighted by Gasteiger charge is -2.21. The summed E-state index contributed by atoms with van der Waals surface area (Å²) < 4.78 is 0. The van der Waals surface area contributed by atoms with Gasteiger partial charge in [-0.1, -0.05) is 25.5 Å². The minimum atomic E-state index is -1.39. The van der Waals surface area contributed by atoms with Crippen molar-refractivity contribution in [2.45, 2.75) is 25.9 Å². The number of phenols is 1. The highest BCUT2D eigenvalue weighted by molar-refractivity contribution is 6.06. The highest BCUT2D eigenvalue weighted by Crippen LogP contribution is 2.17. The fourth-order valence-electron chi connectivity index (χ4n) is 2.72. The van der Waals surface area contributed by atoms with E-state index in [1.165, 1.54) is 36.4 Å². The fourth-order valence-corrected chi connectivity index (χ4v) is 2.72. The van der Waals surface area contributed by atoms with Crippen LogP contribution in [0.1, 0.15) is 61.2 Å². The maximum atomic E-state index is 12.6. The molecular formula is C20H20N2O7. The molecule has 0 aliphatic heterocycles. The number of rotatable bonds is 8. The smallest absolute Gasteiger partial charge is 0.336 e. The summed E-state index contributed by atoms with van der Waals surface area (Å²) >= 11 is 0. The molecule has 0 aromatic heterocycles. The summed E-state index contributed by atoms with van der Waals surface area (Å²) in [5, 5.41) is 33.0. The second kappa shape index (κ2) is 9.36. The maximum Gasteiger partial charge on any atom is 0.336 e. The molecule has 1 unspecified atom stereocenters. The fraction of sp³-hybridized carbons (Fsp3) is 0.200. The number of hydrogen-bond donors (Lipinski definition) is 5. The third kappa shape index (κ3) is 5.32. The van der Waals surface area contributed by atoms with Crippen LogP contribution in [-0.4, -0.2) is 45.2 Å². The molecule has 0 saturated heterocycles. The first-order chi connectivity index (χ1) is 13.7. The first-order valence-corrected chi connectivity index (χ1v) is 8.75. The Labute approximate surface area is 166 Å².